The van der Waals surface area contributed by atoms with Crippen molar-refractivity contribution in [2.45, 2.75) is 35.8 Å². The van der Waals surface area contributed by atoms with E-state index in [4.69, 9.17) is 23.7 Å². The number of hydrogen-bond donors (Lipinski definition) is 1. The average Bonchev–Trinajstić information content (AvgIpc) is 2.95. The molecule has 0 aromatic heterocycles. The first-order valence-corrected chi connectivity index (χ1v) is 11.8. The molecule has 0 radical (unpaired) electrons. The largest absolute Gasteiger partial charge is 0.377 e. The Morgan fingerprint density at radius 3 is 1.64 bits per heavy atom. The molecule has 3 aromatic carbocycles. The minimum absolute atomic E-state index is 0.149. The lowest BCUT2D eigenvalue weighted by Gasteiger charge is -2.48. The van der Waals surface area contributed by atoms with E-state index >= 15 is 0 Å². The zero-order valence-electron chi connectivity index (χ0n) is 20.7. The number of aliphatic hydroxyl groups is 1. The van der Waals surface area contributed by atoms with Crippen LogP contribution in [-0.2, 0) is 34.1 Å². The Hall–Kier alpha value is -2.91. The number of ether oxygens (including phenoxy) is 5. The summed E-state index contributed by atoms with van der Waals surface area (Å²) in [6, 6.07) is 29.5. The van der Waals surface area contributed by atoms with Crippen molar-refractivity contribution in [2.75, 3.05) is 27.9 Å². The predicted molar refractivity (Wildman–Crippen MR) is 133 cm³/mol. The molecule has 7 heteroatoms. The average molecular weight is 493 g/mol. The van der Waals surface area contributed by atoms with Gasteiger partial charge in [-0.05, 0) is 16.7 Å². The van der Waals surface area contributed by atoms with Crippen LogP contribution in [0.1, 0.15) is 16.7 Å². The predicted octanol–water partition coefficient (Wildman–Crippen LogP) is 3.33. The van der Waals surface area contributed by atoms with Gasteiger partial charge in [0.05, 0.1) is 6.61 Å². The monoisotopic (exact) mass is 492 g/mol. The SMILES string of the molecule is CO[C@H]1O[C@H](COC(c2ccccc2)(c2ccccc2)c2ccccc2)[C@@](O)(C=O)[C@H](OC)[C@H]1OC. The quantitative estimate of drug-likeness (QED) is 0.343. The Labute approximate surface area is 211 Å². The fourth-order valence-corrected chi connectivity index (χ4v) is 4.97. The molecule has 7 nitrogen and oxygen atoms in total. The fraction of sp³-hybridized carbons (Fsp3) is 0.345. The van der Waals surface area contributed by atoms with Crippen molar-refractivity contribution in [3.63, 3.8) is 0 Å². The topological polar surface area (TPSA) is 83.5 Å². The summed E-state index contributed by atoms with van der Waals surface area (Å²) >= 11 is 0. The molecule has 190 valence electrons. The smallest absolute Gasteiger partial charge is 0.186 e. The highest BCUT2D eigenvalue weighted by molar-refractivity contribution is 5.65. The van der Waals surface area contributed by atoms with Crippen LogP contribution in [0.2, 0.25) is 0 Å². The van der Waals surface area contributed by atoms with E-state index in [-0.39, 0.29) is 6.61 Å². The van der Waals surface area contributed by atoms with Crippen LogP contribution in [0.25, 0.3) is 0 Å². The number of rotatable bonds is 10. The van der Waals surface area contributed by atoms with Gasteiger partial charge in [-0.3, -0.25) is 4.79 Å². The van der Waals surface area contributed by atoms with Gasteiger partial charge in [-0.1, -0.05) is 91.0 Å². The second-order valence-electron chi connectivity index (χ2n) is 8.68. The maximum absolute atomic E-state index is 12.3. The van der Waals surface area contributed by atoms with Gasteiger partial charge in [0.25, 0.3) is 0 Å². The van der Waals surface area contributed by atoms with Gasteiger partial charge in [0.1, 0.15) is 23.9 Å². The summed E-state index contributed by atoms with van der Waals surface area (Å²) in [6.45, 7) is -0.149. The normalized spacial score (nSPS) is 26.4. The van der Waals surface area contributed by atoms with E-state index in [1.165, 1.54) is 21.3 Å². The molecule has 0 unspecified atom stereocenters. The number of carbonyl (C=O) groups is 1. The highest BCUT2D eigenvalue weighted by Gasteiger charge is 2.57. The first kappa shape index (κ1) is 26.2. The summed E-state index contributed by atoms with van der Waals surface area (Å²) < 4.78 is 29.3. The first-order chi connectivity index (χ1) is 17.5. The molecule has 1 saturated heterocycles. The number of aldehydes is 1. The van der Waals surface area contributed by atoms with Crippen LogP contribution >= 0.6 is 0 Å². The number of hydrogen-bond acceptors (Lipinski definition) is 7. The molecular weight excluding hydrogens is 460 g/mol. The molecule has 0 spiro atoms. The highest BCUT2D eigenvalue weighted by Crippen LogP contribution is 2.42. The van der Waals surface area contributed by atoms with Gasteiger partial charge in [0.15, 0.2) is 18.2 Å². The van der Waals surface area contributed by atoms with Crippen LogP contribution in [0.4, 0.5) is 0 Å². The van der Waals surface area contributed by atoms with Crippen molar-refractivity contribution < 1.29 is 33.6 Å². The van der Waals surface area contributed by atoms with Gasteiger partial charge in [-0.15, -0.1) is 0 Å². The lowest BCUT2D eigenvalue weighted by molar-refractivity contribution is -0.326. The molecule has 1 aliphatic heterocycles. The van der Waals surface area contributed by atoms with Gasteiger partial charge in [-0.25, -0.2) is 0 Å². The van der Waals surface area contributed by atoms with Crippen LogP contribution in [-0.4, -0.2) is 69.5 Å². The van der Waals surface area contributed by atoms with Crippen LogP contribution in [0.15, 0.2) is 91.0 Å². The first-order valence-electron chi connectivity index (χ1n) is 11.8. The maximum Gasteiger partial charge on any atom is 0.186 e. The van der Waals surface area contributed by atoms with Crippen LogP contribution in [0.5, 0.6) is 0 Å². The zero-order valence-corrected chi connectivity index (χ0v) is 20.7. The Bertz CT molecular complexity index is 996. The summed E-state index contributed by atoms with van der Waals surface area (Å²) in [4.78, 5) is 12.3. The molecular formula is C29H32O7. The standard InChI is InChI=1S/C29H32O7/c1-32-25-26(33-2)28(31,20-30)24(36-27(25)34-3)19-35-29(21-13-7-4-8-14-21,22-15-9-5-10-16-22)23-17-11-6-12-18-23/h4-18,20,24-27,31H,19H2,1-3H3/t24-,25-,26-,27+,28+/m1/s1. The fourth-order valence-electron chi connectivity index (χ4n) is 4.97. The third kappa shape index (κ3) is 4.62. The van der Waals surface area contributed by atoms with Gasteiger partial charge in [-0.2, -0.15) is 0 Å². The highest BCUT2D eigenvalue weighted by atomic mass is 16.7. The van der Waals surface area contributed by atoms with Crippen molar-refractivity contribution in [1.29, 1.82) is 0 Å². The molecule has 1 fully saturated rings. The van der Waals surface area contributed by atoms with Gasteiger partial charge < -0.3 is 28.8 Å². The van der Waals surface area contributed by atoms with E-state index in [9.17, 15) is 9.90 Å². The van der Waals surface area contributed by atoms with Crippen molar-refractivity contribution in [3.8, 4) is 0 Å². The number of carbonyl (C=O) groups excluding carboxylic acids is 1. The van der Waals surface area contributed by atoms with E-state index in [2.05, 4.69) is 0 Å². The van der Waals surface area contributed by atoms with Crippen molar-refractivity contribution >= 4 is 6.29 Å². The summed E-state index contributed by atoms with van der Waals surface area (Å²) in [5.74, 6) is 0. The van der Waals surface area contributed by atoms with E-state index in [0.29, 0.717) is 6.29 Å². The van der Waals surface area contributed by atoms with Crippen LogP contribution < -0.4 is 0 Å². The third-order valence-corrected chi connectivity index (χ3v) is 6.78. The zero-order chi connectivity index (χ0) is 25.6. The molecule has 0 aliphatic carbocycles. The van der Waals surface area contributed by atoms with Crippen LogP contribution in [0.3, 0.4) is 0 Å². The van der Waals surface area contributed by atoms with E-state index in [1.807, 2.05) is 91.0 Å². The summed E-state index contributed by atoms with van der Waals surface area (Å²) in [6.07, 6.45) is -3.41. The maximum atomic E-state index is 12.3. The molecule has 3 aromatic rings. The Morgan fingerprint density at radius 2 is 1.28 bits per heavy atom. The van der Waals surface area contributed by atoms with E-state index in [1.54, 1.807) is 0 Å². The summed E-state index contributed by atoms with van der Waals surface area (Å²) in [7, 11) is 4.32. The second kappa shape index (κ2) is 11.4. The Kier molecular flexibility index (Phi) is 8.31. The Balaban J connectivity index is 1.81. The molecule has 5 atom stereocenters. The minimum Gasteiger partial charge on any atom is -0.377 e. The molecule has 0 bridgehead atoms. The summed E-state index contributed by atoms with van der Waals surface area (Å²) in [5, 5.41) is 11.5. The van der Waals surface area contributed by atoms with E-state index < -0.39 is 35.8 Å². The Morgan fingerprint density at radius 1 is 0.806 bits per heavy atom. The second-order valence-corrected chi connectivity index (χ2v) is 8.68. The third-order valence-electron chi connectivity index (χ3n) is 6.78. The van der Waals surface area contributed by atoms with Gasteiger partial charge >= 0.3 is 0 Å². The molecule has 1 heterocycles. The minimum atomic E-state index is -2.04. The van der Waals surface area contributed by atoms with Crippen molar-refractivity contribution in [2.24, 2.45) is 0 Å². The molecule has 4 rings (SSSR count). The number of methoxy groups -OCH3 is 3. The molecule has 36 heavy (non-hydrogen) atoms. The lowest BCUT2D eigenvalue weighted by Crippen LogP contribution is -2.69. The van der Waals surface area contributed by atoms with Gasteiger partial charge in [0.2, 0.25) is 0 Å². The number of benzene rings is 3. The van der Waals surface area contributed by atoms with E-state index in [0.717, 1.165) is 16.7 Å². The molecule has 1 aliphatic rings. The molecule has 0 saturated carbocycles. The molecule has 0 amide bonds. The summed E-state index contributed by atoms with van der Waals surface area (Å²) in [5.41, 5.74) is -0.446. The molecule has 1 N–H and O–H groups in total. The van der Waals surface area contributed by atoms with Crippen molar-refractivity contribution in [3.05, 3.63) is 108 Å². The van der Waals surface area contributed by atoms with Crippen LogP contribution in [0, 0.1) is 0 Å². The van der Waals surface area contributed by atoms with Gasteiger partial charge in [0, 0.05) is 21.3 Å². The lowest BCUT2D eigenvalue weighted by atomic mass is 9.79. The van der Waals surface area contributed by atoms with Crippen molar-refractivity contribution in [1.82, 2.24) is 0 Å².